The van der Waals surface area contributed by atoms with E-state index in [0.717, 1.165) is 24.8 Å². The molecule has 2 nitrogen and oxygen atoms in total. The Labute approximate surface area is 97.6 Å². The summed E-state index contributed by atoms with van der Waals surface area (Å²) < 4.78 is 5.08. The van der Waals surface area contributed by atoms with Crippen LogP contribution >= 0.6 is 0 Å². The van der Waals surface area contributed by atoms with Gasteiger partial charge in [0, 0.05) is 6.92 Å². The van der Waals surface area contributed by atoms with E-state index in [-0.39, 0.29) is 5.97 Å². The second-order valence-corrected chi connectivity index (χ2v) is 3.99. The normalized spacial score (nSPS) is 10.2. The fourth-order valence-corrected chi connectivity index (χ4v) is 1.73. The molecule has 0 fully saturated rings. The first kappa shape index (κ1) is 12.8. The molecule has 2 heteroatoms. The lowest BCUT2D eigenvalue weighted by Gasteiger charge is -2.10. The Hall–Kier alpha value is -1.31. The van der Waals surface area contributed by atoms with E-state index in [1.807, 2.05) is 0 Å². The molecule has 0 saturated carbocycles. The average molecular weight is 220 g/mol. The van der Waals surface area contributed by atoms with Gasteiger partial charge in [-0.2, -0.15) is 0 Å². The first-order chi connectivity index (χ1) is 7.67. The first-order valence-electron chi connectivity index (χ1n) is 5.91. The monoisotopic (exact) mass is 220 g/mol. The summed E-state index contributed by atoms with van der Waals surface area (Å²) in [5.74, 6) is -0.218. The van der Waals surface area contributed by atoms with Crippen LogP contribution in [0.4, 0.5) is 0 Å². The van der Waals surface area contributed by atoms with Crippen molar-refractivity contribution in [1.82, 2.24) is 0 Å². The van der Waals surface area contributed by atoms with Crippen molar-refractivity contribution in [2.75, 3.05) is 0 Å². The molecule has 0 spiro atoms. The van der Waals surface area contributed by atoms with Crippen LogP contribution in [0.25, 0.3) is 0 Å². The number of benzene rings is 1. The molecule has 0 aliphatic rings. The van der Waals surface area contributed by atoms with Crippen molar-refractivity contribution in [3.8, 4) is 0 Å². The number of carbonyl (C=O) groups is 1. The van der Waals surface area contributed by atoms with Gasteiger partial charge in [-0.05, 0) is 29.5 Å². The fraction of sp³-hybridized carbons (Fsp3) is 0.500. The molecule has 0 saturated heterocycles. The molecular formula is C14H20O2. The molecule has 1 aromatic rings. The first-order valence-corrected chi connectivity index (χ1v) is 5.91. The summed E-state index contributed by atoms with van der Waals surface area (Å²) in [5.41, 5.74) is 3.74. The molecule has 0 amide bonds. The summed E-state index contributed by atoms with van der Waals surface area (Å²) in [5, 5.41) is 0. The highest BCUT2D eigenvalue weighted by atomic mass is 16.5. The highest BCUT2D eigenvalue weighted by molar-refractivity contribution is 5.66. The summed E-state index contributed by atoms with van der Waals surface area (Å²) in [7, 11) is 0. The fourth-order valence-electron chi connectivity index (χ4n) is 1.73. The summed E-state index contributed by atoms with van der Waals surface area (Å²) in [6.07, 6.45) is 3.17. The lowest BCUT2D eigenvalue weighted by molar-refractivity contribution is -0.142. The molecule has 88 valence electrons. The third kappa shape index (κ3) is 3.69. The van der Waals surface area contributed by atoms with Crippen LogP contribution in [0.2, 0.25) is 0 Å². The maximum atomic E-state index is 10.8. The van der Waals surface area contributed by atoms with Gasteiger partial charge in [0.15, 0.2) is 0 Å². The standard InChI is InChI=1S/C14H20O2/c1-4-6-13-8-7-12(5-2)9-14(13)10-16-11(3)15/h7-9H,4-6,10H2,1-3H3. The van der Waals surface area contributed by atoms with E-state index in [0.29, 0.717) is 6.61 Å². The van der Waals surface area contributed by atoms with E-state index in [9.17, 15) is 4.79 Å². The van der Waals surface area contributed by atoms with Crippen molar-refractivity contribution in [2.45, 2.75) is 46.6 Å². The van der Waals surface area contributed by atoms with Crippen LogP contribution in [0.3, 0.4) is 0 Å². The van der Waals surface area contributed by atoms with Gasteiger partial charge >= 0.3 is 5.97 Å². The van der Waals surface area contributed by atoms with Gasteiger partial charge < -0.3 is 4.74 Å². The van der Waals surface area contributed by atoms with Crippen LogP contribution in [0.15, 0.2) is 18.2 Å². The number of aryl methyl sites for hydroxylation is 2. The predicted octanol–water partition coefficient (Wildman–Crippen LogP) is 3.26. The van der Waals surface area contributed by atoms with Gasteiger partial charge in [0.1, 0.15) is 6.61 Å². The highest BCUT2D eigenvalue weighted by Gasteiger charge is 2.04. The zero-order valence-corrected chi connectivity index (χ0v) is 10.4. The largest absolute Gasteiger partial charge is 0.461 e. The van der Waals surface area contributed by atoms with E-state index in [4.69, 9.17) is 4.74 Å². The number of ether oxygens (including phenoxy) is 1. The molecule has 0 heterocycles. The van der Waals surface area contributed by atoms with Gasteiger partial charge in [0.25, 0.3) is 0 Å². The third-order valence-corrected chi connectivity index (χ3v) is 2.63. The van der Waals surface area contributed by atoms with Crippen LogP contribution in [0.1, 0.15) is 43.9 Å². The Morgan fingerprint density at radius 3 is 2.56 bits per heavy atom. The SMILES string of the molecule is CCCc1ccc(CC)cc1COC(C)=O. The lowest BCUT2D eigenvalue weighted by Crippen LogP contribution is -2.03. The van der Waals surface area contributed by atoms with E-state index >= 15 is 0 Å². The summed E-state index contributed by atoms with van der Waals surface area (Å²) in [6.45, 7) is 6.13. The van der Waals surface area contributed by atoms with Gasteiger partial charge in [-0.1, -0.05) is 38.5 Å². The Morgan fingerprint density at radius 1 is 1.25 bits per heavy atom. The molecule has 0 radical (unpaired) electrons. The van der Waals surface area contributed by atoms with E-state index in [2.05, 4.69) is 32.0 Å². The van der Waals surface area contributed by atoms with Gasteiger partial charge in [-0.25, -0.2) is 0 Å². The second-order valence-electron chi connectivity index (χ2n) is 3.99. The van der Waals surface area contributed by atoms with Gasteiger partial charge in [-0.3, -0.25) is 4.79 Å². The van der Waals surface area contributed by atoms with Crippen molar-refractivity contribution in [3.63, 3.8) is 0 Å². The molecule has 0 aliphatic carbocycles. The van der Waals surface area contributed by atoms with Crippen molar-refractivity contribution < 1.29 is 9.53 Å². The number of hydrogen-bond donors (Lipinski definition) is 0. The number of esters is 1. The minimum absolute atomic E-state index is 0.218. The minimum Gasteiger partial charge on any atom is -0.461 e. The van der Waals surface area contributed by atoms with E-state index in [1.165, 1.54) is 18.1 Å². The van der Waals surface area contributed by atoms with Crippen LogP contribution in [-0.4, -0.2) is 5.97 Å². The van der Waals surface area contributed by atoms with E-state index < -0.39 is 0 Å². The Balaban J connectivity index is 2.86. The minimum atomic E-state index is -0.218. The molecule has 0 aliphatic heterocycles. The number of rotatable bonds is 5. The van der Waals surface area contributed by atoms with Crippen LogP contribution in [0.5, 0.6) is 0 Å². The molecule has 1 aromatic carbocycles. The Kier molecular flexibility index (Phi) is 5.03. The molecule has 16 heavy (non-hydrogen) atoms. The summed E-state index contributed by atoms with van der Waals surface area (Å²) in [6, 6.07) is 6.46. The van der Waals surface area contributed by atoms with Crippen molar-refractivity contribution in [3.05, 3.63) is 34.9 Å². The topological polar surface area (TPSA) is 26.3 Å². The van der Waals surface area contributed by atoms with Crippen molar-refractivity contribution in [1.29, 1.82) is 0 Å². The summed E-state index contributed by atoms with van der Waals surface area (Å²) in [4.78, 5) is 10.8. The lowest BCUT2D eigenvalue weighted by atomic mass is 10.00. The van der Waals surface area contributed by atoms with Gasteiger partial charge in [-0.15, -0.1) is 0 Å². The van der Waals surface area contributed by atoms with Gasteiger partial charge in [0.2, 0.25) is 0 Å². The van der Waals surface area contributed by atoms with E-state index in [1.54, 1.807) is 0 Å². The number of hydrogen-bond acceptors (Lipinski definition) is 2. The second kappa shape index (κ2) is 6.31. The van der Waals surface area contributed by atoms with Crippen LogP contribution in [0, 0.1) is 0 Å². The molecule has 0 unspecified atom stereocenters. The average Bonchev–Trinajstić information content (AvgIpc) is 2.28. The molecule has 0 bridgehead atoms. The summed E-state index contributed by atoms with van der Waals surface area (Å²) >= 11 is 0. The molecule has 0 aromatic heterocycles. The zero-order chi connectivity index (χ0) is 12.0. The van der Waals surface area contributed by atoms with Crippen LogP contribution in [-0.2, 0) is 29.0 Å². The maximum Gasteiger partial charge on any atom is 0.302 e. The smallest absolute Gasteiger partial charge is 0.302 e. The number of carbonyl (C=O) groups excluding carboxylic acids is 1. The molecule has 0 atom stereocenters. The zero-order valence-electron chi connectivity index (χ0n) is 10.4. The van der Waals surface area contributed by atoms with Crippen molar-refractivity contribution >= 4 is 5.97 Å². The Morgan fingerprint density at radius 2 is 2.00 bits per heavy atom. The maximum absolute atomic E-state index is 10.8. The quantitative estimate of drug-likeness (QED) is 0.712. The Bertz CT molecular complexity index is 356. The third-order valence-electron chi connectivity index (χ3n) is 2.63. The van der Waals surface area contributed by atoms with Gasteiger partial charge in [0.05, 0.1) is 0 Å². The predicted molar refractivity (Wildman–Crippen MR) is 65.3 cm³/mol. The molecule has 1 rings (SSSR count). The van der Waals surface area contributed by atoms with Crippen LogP contribution < -0.4 is 0 Å². The molecule has 0 N–H and O–H groups in total. The molecular weight excluding hydrogens is 200 g/mol. The highest BCUT2D eigenvalue weighted by Crippen LogP contribution is 2.16. The van der Waals surface area contributed by atoms with Crippen molar-refractivity contribution in [2.24, 2.45) is 0 Å².